The van der Waals surface area contributed by atoms with E-state index >= 15 is 0 Å². The summed E-state index contributed by atoms with van der Waals surface area (Å²) in [7, 11) is 0. The summed E-state index contributed by atoms with van der Waals surface area (Å²) in [6.45, 7) is 1.67. The summed E-state index contributed by atoms with van der Waals surface area (Å²) in [5.74, 6) is -1.03. The lowest BCUT2D eigenvalue weighted by molar-refractivity contribution is -0.141. The number of hydrogen-bond donors (Lipinski definition) is 2. The molecular weight excluding hydrogens is 276 g/mol. The molecule has 8 heteroatoms. The van der Waals surface area contributed by atoms with Crippen molar-refractivity contribution in [2.45, 2.75) is 6.92 Å². The first-order valence-electron chi connectivity index (χ1n) is 6.23. The number of nitrogens with two attached hydrogens (primary N) is 1. The number of aromatic nitrogens is 2. The van der Waals surface area contributed by atoms with E-state index in [9.17, 15) is 14.4 Å². The van der Waals surface area contributed by atoms with Crippen molar-refractivity contribution < 1.29 is 14.3 Å². The number of hydrogen-bond acceptors (Lipinski definition) is 6. The van der Waals surface area contributed by atoms with Crippen molar-refractivity contribution in [1.29, 1.82) is 0 Å². The Balaban J connectivity index is 2.22. The molecule has 2 rings (SSSR count). The number of nitrogens with one attached hydrogen (secondary N) is 1. The largest absolute Gasteiger partial charge is 0.465 e. The fraction of sp³-hybridized carbons (Fsp3) is 0.231. The molecule has 2 aromatic rings. The van der Waals surface area contributed by atoms with Crippen molar-refractivity contribution in [3.63, 3.8) is 0 Å². The number of rotatable bonds is 4. The summed E-state index contributed by atoms with van der Waals surface area (Å²) >= 11 is 0. The van der Waals surface area contributed by atoms with E-state index in [-0.39, 0.29) is 24.4 Å². The van der Waals surface area contributed by atoms with E-state index < -0.39 is 17.4 Å². The van der Waals surface area contributed by atoms with Gasteiger partial charge in [0.1, 0.15) is 17.9 Å². The smallest absolute Gasteiger partial charge is 0.325 e. The highest BCUT2D eigenvalue weighted by Gasteiger charge is 2.10. The van der Waals surface area contributed by atoms with Crippen molar-refractivity contribution >= 4 is 23.2 Å². The van der Waals surface area contributed by atoms with E-state index in [0.29, 0.717) is 5.65 Å². The molecule has 8 nitrogen and oxygen atoms in total. The molecule has 3 N–H and O–H groups in total. The maximum absolute atomic E-state index is 11.9. The minimum Gasteiger partial charge on any atom is -0.465 e. The van der Waals surface area contributed by atoms with Crippen molar-refractivity contribution in [2.24, 2.45) is 0 Å². The van der Waals surface area contributed by atoms with Crippen LogP contribution >= 0.6 is 0 Å². The molecule has 0 unspecified atom stereocenters. The fourth-order valence-electron chi connectivity index (χ4n) is 1.69. The molecule has 1 amide bonds. The van der Waals surface area contributed by atoms with E-state index in [1.54, 1.807) is 6.92 Å². The summed E-state index contributed by atoms with van der Waals surface area (Å²) in [5.41, 5.74) is 5.59. The number of carbonyl (C=O) groups is 2. The Morgan fingerprint density at radius 2 is 2.19 bits per heavy atom. The highest BCUT2D eigenvalue weighted by atomic mass is 16.5. The molecule has 0 atom stereocenters. The first-order valence-corrected chi connectivity index (χ1v) is 6.23. The molecule has 0 spiro atoms. The molecule has 0 aliphatic rings. The zero-order chi connectivity index (χ0) is 15.4. The molecule has 0 radical (unpaired) electrons. The van der Waals surface area contributed by atoms with Gasteiger partial charge in [0.25, 0.3) is 11.5 Å². The van der Waals surface area contributed by atoms with Crippen LogP contribution in [0.1, 0.15) is 17.3 Å². The standard InChI is InChI=1S/C13H14N4O4/c1-2-21-11(18)6-16-12(19)8-3-4-10-15-5-9(14)13(20)17(10)7-8/h3-5,7H,2,6,14H2,1H3,(H,16,19). The van der Waals surface area contributed by atoms with Crippen molar-refractivity contribution in [1.82, 2.24) is 14.7 Å². The van der Waals surface area contributed by atoms with E-state index in [4.69, 9.17) is 10.5 Å². The van der Waals surface area contributed by atoms with Crippen LogP contribution in [0.25, 0.3) is 5.65 Å². The summed E-state index contributed by atoms with van der Waals surface area (Å²) in [5, 5.41) is 2.40. The maximum atomic E-state index is 11.9. The molecule has 0 fully saturated rings. The summed E-state index contributed by atoms with van der Waals surface area (Å²) in [6, 6.07) is 3.01. The second-order valence-corrected chi connectivity index (χ2v) is 4.15. The second-order valence-electron chi connectivity index (χ2n) is 4.15. The summed E-state index contributed by atoms with van der Waals surface area (Å²) < 4.78 is 5.87. The van der Waals surface area contributed by atoms with Gasteiger partial charge in [-0.1, -0.05) is 0 Å². The third-order valence-corrected chi connectivity index (χ3v) is 2.69. The van der Waals surface area contributed by atoms with Gasteiger partial charge in [0.15, 0.2) is 0 Å². The quantitative estimate of drug-likeness (QED) is 0.738. The van der Waals surface area contributed by atoms with Crippen LogP contribution < -0.4 is 16.6 Å². The lowest BCUT2D eigenvalue weighted by atomic mass is 10.2. The van der Waals surface area contributed by atoms with Crippen LogP contribution in [-0.2, 0) is 9.53 Å². The molecule has 21 heavy (non-hydrogen) atoms. The van der Waals surface area contributed by atoms with Gasteiger partial charge in [-0.2, -0.15) is 0 Å². The van der Waals surface area contributed by atoms with Crippen LogP contribution in [-0.4, -0.2) is 34.4 Å². The Labute approximate surface area is 119 Å². The third kappa shape index (κ3) is 3.16. The van der Waals surface area contributed by atoms with Gasteiger partial charge in [-0.05, 0) is 19.1 Å². The Bertz CT molecular complexity index is 753. The molecule has 0 aliphatic carbocycles. The average molecular weight is 290 g/mol. The number of anilines is 1. The van der Waals surface area contributed by atoms with E-state index in [1.165, 1.54) is 28.9 Å². The number of ether oxygens (including phenoxy) is 1. The summed E-state index contributed by atoms with van der Waals surface area (Å²) in [4.78, 5) is 38.9. The fourth-order valence-corrected chi connectivity index (χ4v) is 1.69. The van der Waals surface area contributed by atoms with Crippen LogP contribution in [0.2, 0.25) is 0 Å². The molecule has 2 heterocycles. The minimum absolute atomic E-state index is 0.0171. The normalized spacial score (nSPS) is 10.3. The van der Waals surface area contributed by atoms with E-state index in [1.807, 2.05) is 0 Å². The first kappa shape index (κ1) is 14.5. The van der Waals surface area contributed by atoms with Crippen LogP contribution in [0.15, 0.2) is 29.3 Å². The molecule has 0 aromatic carbocycles. The van der Waals surface area contributed by atoms with Gasteiger partial charge in [0, 0.05) is 6.20 Å². The van der Waals surface area contributed by atoms with E-state index in [2.05, 4.69) is 10.3 Å². The van der Waals surface area contributed by atoms with Gasteiger partial charge in [-0.25, -0.2) is 4.98 Å². The third-order valence-electron chi connectivity index (χ3n) is 2.69. The Hall–Kier alpha value is -2.90. The molecule has 0 saturated carbocycles. The Morgan fingerprint density at radius 3 is 2.90 bits per heavy atom. The molecule has 0 bridgehead atoms. The number of fused-ring (bicyclic) bond motifs is 1. The number of carbonyl (C=O) groups excluding carboxylic acids is 2. The van der Waals surface area contributed by atoms with Gasteiger partial charge < -0.3 is 15.8 Å². The lowest BCUT2D eigenvalue weighted by Crippen LogP contribution is -2.31. The predicted octanol–water partition coefficient (Wildman–Crippen LogP) is -0.430. The second kappa shape index (κ2) is 6.04. The van der Waals surface area contributed by atoms with Gasteiger partial charge in [0.2, 0.25) is 0 Å². The topological polar surface area (TPSA) is 116 Å². The number of esters is 1. The molecule has 110 valence electrons. The SMILES string of the molecule is CCOC(=O)CNC(=O)c1ccc2ncc(N)c(=O)n2c1. The predicted molar refractivity (Wildman–Crippen MR) is 74.8 cm³/mol. The summed E-state index contributed by atoms with van der Waals surface area (Å²) in [6.07, 6.45) is 2.58. The average Bonchev–Trinajstić information content (AvgIpc) is 2.48. The number of amides is 1. The molecule has 0 aliphatic heterocycles. The van der Waals surface area contributed by atoms with Crippen molar-refractivity contribution in [3.05, 3.63) is 40.4 Å². The number of pyridine rings is 1. The van der Waals surface area contributed by atoms with Crippen molar-refractivity contribution in [2.75, 3.05) is 18.9 Å². The highest BCUT2D eigenvalue weighted by Crippen LogP contribution is 2.03. The van der Waals surface area contributed by atoms with Gasteiger partial charge in [-0.15, -0.1) is 0 Å². The lowest BCUT2D eigenvalue weighted by Gasteiger charge is -2.06. The maximum Gasteiger partial charge on any atom is 0.325 e. The van der Waals surface area contributed by atoms with E-state index in [0.717, 1.165) is 0 Å². The molecule has 2 aromatic heterocycles. The minimum atomic E-state index is -0.533. The van der Waals surface area contributed by atoms with Crippen LogP contribution in [0.4, 0.5) is 5.69 Å². The van der Waals surface area contributed by atoms with Crippen molar-refractivity contribution in [3.8, 4) is 0 Å². The first-order chi connectivity index (χ1) is 10.0. The van der Waals surface area contributed by atoms with Crippen LogP contribution in [0.3, 0.4) is 0 Å². The molecule has 0 saturated heterocycles. The van der Waals surface area contributed by atoms with Gasteiger partial charge in [-0.3, -0.25) is 18.8 Å². The monoisotopic (exact) mass is 290 g/mol. The van der Waals surface area contributed by atoms with Gasteiger partial charge in [0.05, 0.1) is 18.4 Å². The van der Waals surface area contributed by atoms with Crippen LogP contribution in [0.5, 0.6) is 0 Å². The Kier molecular flexibility index (Phi) is 4.17. The van der Waals surface area contributed by atoms with Crippen LogP contribution in [0, 0.1) is 0 Å². The zero-order valence-electron chi connectivity index (χ0n) is 11.3. The van der Waals surface area contributed by atoms with Gasteiger partial charge >= 0.3 is 5.97 Å². The number of nitrogen functional groups attached to an aromatic ring is 1. The number of nitrogens with zero attached hydrogens (tertiary/aromatic N) is 2. The zero-order valence-corrected chi connectivity index (χ0v) is 11.3. The molecular formula is C13H14N4O4. The Morgan fingerprint density at radius 1 is 1.43 bits per heavy atom. The highest BCUT2D eigenvalue weighted by molar-refractivity contribution is 5.95.